The number of nitrogens with zero attached hydrogens (tertiary/aromatic N) is 3. The van der Waals surface area contributed by atoms with E-state index in [1.807, 2.05) is 6.92 Å². The quantitative estimate of drug-likeness (QED) is 0.183. The van der Waals surface area contributed by atoms with Crippen molar-refractivity contribution in [1.82, 2.24) is 5.32 Å². The third kappa shape index (κ3) is 14.7. The van der Waals surface area contributed by atoms with Gasteiger partial charge in [-0.05, 0) is 44.8 Å². The van der Waals surface area contributed by atoms with Gasteiger partial charge in [0.05, 0.1) is 6.61 Å². The van der Waals surface area contributed by atoms with Crippen LogP contribution in [-0.4, -0.2) is 32.2 Å². The van der Waals surface area contributed by atoms with Gasteiger partial charge in [0.15, 0.2) is 0 Å². The van der Waals surface area contributed by atoms with Gasteiger partial charge in [-0.2, -0.15) is 0 Å². The summed E-state index contributed by atoms with van der Waals surface area (Å²) in [4.78, 5) is 13.8. The highest BCUT2D eigenvalue weighted by atomic mass is 16.5. The first-order valence-electron chi connectivity index (χ1n) is 7.18. The number of esters is 1. The molecule has 0 aliphatic carbocycles. The van der Waals surface area contributed by atoms with E-state index in [1.54, 1.807) is 0 Å². The molecule has 0 aromatic rings. The average Bonchev–Trinajstić information content (AvgIpc) is 2.40. The third-order valence-corrected chi connectivity index (χ3v) is 2.71. The molecule has 6 heteroatoms. The van der Waals surface area contributed by atoms with E-state index in [-0.39, 0.29) is 5.97 Å². The zero-order valence-corrected chi connectivity index (χ0v) is 11.9. The molecule has 0 bridgehead atoms. The van der Waals surface area contributed by atoms with Gasteiger partial charge in [-0.25, -0.2) is 0 Å². The fourth-order valence-electron chi connectivity index (χ4n) is 1.73. The molecule has 0 saturated carbocycles. The molecule has 1 N–H and O–H groups in total. The van der Waals surface area contributed by atoms with Crippen LogP contribution < -0.4 is 5.32 Å². The highest BCUT2D eigenvalue weighted by Crippen LogP contribution is 2.05. The number of rotatable bonds is 13. The fraction of sp³-hybridized carbons (Fsp3) is 0.923. The van der Waals surface area contributed by atoms with E-state index in [9.17, 15) is 4.79 Å². The molecule has 110 valence electrons. The minimum absolute atomic E-state index is 0.0794. The molecule has 0 saturated heterocycles. The van der Waals surface area contributed by atoms with Crippen molar-refractivity contribution in [3.05, 3.63) is 10.4 Å². The molecule has 6 nitrogen and oxygen atoms in total. The predicted molar refractivity (Wildman–Crippen MR) is 75.8 cm³/mol. The number of nitrogens with one attached hydrogen (secondary N) is 1. The van der Waals surface area contributed by atoms with Crippen molar-refractivity contribution in [2.24, 2.45) is 5.11 Å². The van der Waals surface area contributed by atoms with Gasteiger partial charge in [-0.1, -0.05) is 24.4 Å². The van der Waals surface area contributed by atoms with E-state index in [1.165, 1.54) is 12.8 Å². The highest BCUT2D eigenvalue weighted by Gasteiger charge is 2.00. The van der Waals surface area contributed by atoms with Crippen LogP contribution in [0.25, 0.3) is 10.4 Å². The van der Waals surface area contributed by atoms with E-state index in [4.69, 9.17) is 10.3 Å². The Labute approximate surface area is 115 Å². The van der Waals surface area contributed by atoms with Gasteiger partial charge in [0, 0.05) is 17.9 Å². The maximum atomic E-state index is 11.1. The molecule has 0 atom stereocenters. The monoisotopic (exact) mass is 270 g/mol. The summed E-state index contributed by atoms with van der Waals surface area (Å²) >= 11 is 0. The first-order chi connectivity index (χ1) is 9.31. The van der Waals surface area contributed by atoms with Crippen molar-refractivity contribution >= 4 is 5.97 Å². The molecule has 0 radical (unpaired) electrons. The highest BCUT2D eigenvalue weighted by molar-refractivity contribution is 5.69. The Morgan fingerprint density at radius 3 is 2.58 bits per heavy atom. The Morgan fingerprint density at radius 2 is 1.84 bits per heavy atom. The molecule has 0 amide bonds. The Morgan fingerprint density at radius 1 is 1.16 bits per heavy atom. The second-order valence-electron chi connectivity index (χ2n) is 4.38. The van der Waals surface area contributed by atoms with Crippen LogP contribution in [0, 0.1) is 0 Å². The van der Waals surface area contributed by atoms with E-state index in [2.05, 4.69) is 15.3 Å². The smallest absolute Gasteiger partial charge is 0.305 e. The van der Waals surface area contributed by atoms with Gasteiger partial charge < -0.3 is 10.1 Å². The van der Waals surface area contributed by atoms with E-state index in [0.717, 1.165) is 38.8 Å². The lowest BCUT2D eigenvalue weighted by Gasteiger charge is -2.04. The molecule has 0 heterocycles. The predicted octanol–water partition coefficient (Wildman–Crippen LogP) is 3.18. The van der Waals surface area contributed by atoms with Crippen molar-refractivity contribution in [1.29, 1.82) is 0 Å². The van der Waals surface area contributed by atoms with Gasteiger partial charge in [-0.15, -0.1) is 0 Å². The van der Waals surface area contributed by atoms with Gasteiger partial charge in [-0.3, -0.25) is 4.79 Å². The molecule has 0 rings (SSSR count). The average molecular weight is 270 g/mol. The number of hydrogen-bond donors (Lipinski definition) is 1. The summed E-state index contributed by atoms with van der Waals surface area (Å²) in [5.74, 6) is -0.0794. The SMILES string of the molecule is CCOC(=O)CCCCCCCNCCCN=[N+]=[N-]. The zero-order chi connectivity index (χ0) is 14.2. The molecule has 19 heavy (non-hydrogen) atoms. The third-order valence-electron chi connectivity index (χ3n) is 2.71. The molecule has 0 aliphatic rings. The van der Waals surface area contributed by atoms with E-state index < -0.39 is 0 Å². The van der Waals surface area contributed by atoms with Crippen LogP contribution in [0.1, 0.15) is 51.9 Å². The first-order valence-corrected chi connectivity index (χ1v) is 7.18. The summed E-state index contributed by atoms with van der Waals surface area (Å²) in [6.07, 6.45) is 6.97. The number of hydrogen-bond acceptors (Lipinski definition) is 4. The molecular formula is C13H26N4O2. The number of carbonyl (C=O) groups excluding carboxylic acids is 1. The van der Waals surface area contributed by atoms with Crippen LogP contribution in [0.4, 0.5) is 0 Å². The molecule has 0 fully saturated rings. The maximum Gasteiger partial charge on any atom is 0.305 e. The van der Waals surface area contributed by atoms with Crippen molar-refractivity contribution in [3.63, 3.8) is 0 Å². The maximum absolute atomic E-state index is 11.1. The van der Waals surface area contributed by atoms with Crippen molar-refractivity contribution in [2.75, 3.05) is 26.2 Å². The van der Waals surface area contributed by atoms with Crippen LogP contribution in [0.5, 0.6) is 0 Å². The summed E-state index contributed by atoms with van der Waals surface area (Å²) in [5, 5.41) is 6.78. The lowest BCUT2D eigenvalue weighted by atomic mass is 10.1. The standard InChI is InChI=1S/C13H26N4O2/c1-2-19-13(18)9-6-4-3-5-7-10-15-11-8-12-16-17-14/h15H,2-12H2,1H3. The van der Waals surface area contributed by atoms with Gasteiger partial charge >= 0.3 is 5.97 Å². The van der Waals surface area contributed by atoms with Crippen LogP contribution in [0.15, 0.2) is 5.11 Å². The first kappa shape index (κ1) is 17.7. The largest absolute Gasteiger partial charge is 0.466 e. The Kier molecular flexibility index (Phi) is 13.8. The Bertz CT molecular complexity index is 265. The minimum Gasteiger partial charge on any atom is -0.466 e. The molecule has 0 aliphatic heterocycles. The van der Waals surface area contributed by atoms with Gasteiger partial charge in [0.25, 0.3) is 0 Å². The molecule has 0 aromatic heterocycles. The molecular weight excluding hydrogens is 244 g/mol. The normalized spacial score (nSPS) is 9.95. The number of ether oxygens (including phenoxy) is 1. The van der Waals surface area contributed by atoms with Crippen LogP contribution >= 0.6 is 0 Å². The molecule has 0 unspecified atom stereocenters. The Hall–Kier alpha value is -1.26. The second kappa shape index (κ2) is 14.8. The Balaban J connectivity index is 3.06. The summed E-state index contributed by atoms with van der Waals surface area (Å²) in [7, 11) is 0. The number of azide groups is 1. The van der Waals surface area contributed by atoms with Crippen LogP contribution in [0.2, 0.25) is 0 Å². The van der Waals surface area contributed by atoms with Gasteiger partial charge in [0.1, 0.15) is 0 Å². The van der Waals surface area contributed by atoms with E-state index >= 15 is 0 Å². The van der Waals surface area contributed by atoms with Crippen LogP contribution in [-0.2, 0) is 9.53 Å². The minimum atomic E-state index is -0.0794. The fourth-order valence-corrected chi connectivity index (χ4v) is 1.73. The lowest BCUT2D eigenvalue weighted by Crippen LogP contribution is -2.17. The van der Waals surface area contributed by atoms with Crippen molar-refractivity contribution < 1.29 is 9.53 Å². The summed E-state index contributed by atoms with van der Waals surface area (Å²) in [5.41, 5.74) is 8.08. The topological polar surface area (TPSA) is 87.1 Å². The zero-order valence-electron chi connectivity index (χ0n) is 11.9. The van der Waals surface area contributed by atoms with Crippen molar-refractivity contribution in [3.8, 4) is 0 Å². The second-order valence-corrected chi connectivity index (χ2v) is 4.38. The summed E-state index contributed by atoms with van der Waals surface area (Å²) < 4.78 is 4.86. The molecule has 0 spiro atoms. The van der Waals surface area contributed by atoms with Crippen LogP contribution in [0.3, 0.4) is 0 Å². The van der Waals surface area contributed by atoms with E-state index in [0.29, 0.717) is 19.6 Å². The molecule has 0 aromatic carbocycles. The lowest BCUT2D eigenvalue weighted by molar-refractivity contribution is -0.143. The number of unbranched alkanes of at least 4 members (excludes halogenated alkanes) is 4. The van der Waals surface area contributed by atoms with Gasteiger partial charge in [0.2, 0.25) is 0 Å². The summed E-state index contributed by atoms with van der Waals surface area (Å²) in [6.45, 7) is 4.79. The van der Waals surface area contributed by atoms with Crippen molar-refractivity contribution in [2.45, 2.75) is 51.9 Å². The summed E-state index contributed by atoms with van der Waals surface area (Å²) in [6, 6.07) is 0. The number of carbonyl (C=O) groups is 1.